The van der Waals surface area contributed by atoms with Crippen LogP contribution in [0.3, 0.4) is 0 Å². The maximum atomic E-state index is 11.9. The Labute approximate surface area is 101 Å². The fourth-order valence-corrected chi connectivity index (χ4v) is 2.12. The third kappa shape index (κ3) is 9.67. The summed E-state index contributed by atoms with van der Waals surface area (Å²) in [5.41, 5.74) is 0. The molecule has 0 bridgehead atoms. The minimum Gasteiger partial charge on any atom is -0.396 e. The molecule has 0 aliphatic carbocycles. The van der Waals surface area contributed by atoms with Gasteiger partial charge in [-0.2, -0.15) is 0 Å². The van der Waals surface area contributed by atoms with E-state index in [9.17, 15) is 4.57 Å². The second kappa shape index (κ2) is 11.1. The van der Waals surface area contributed by atoms with Crippen molar-refractivity contribution < 1.29 is 33.5 Å². The highest BCUT2D eigenvalue weighted by Gasteiger charge is 2.25. The molecule has 0 saturated carbocycles. The molecule has 0 aliphatic rings. The molecule has 3 N–H and O–H groups in total. The van der Waals surface area contributed by atoms with Crippen LogP contribution in [0.1, 0.15) is 19.3 Å². The Bertz CT molecular complexity index is 178. The van der Waals surface area contributed by atoms with Crippen LogP contribution in [0.25, 0.3) is 0 Å². The van der Waals surface area contributed by atoms with Gasteiger partial charge in [0.25, 0.3) is 0 Å². The number of hydrogen-bond donors (Lipinski definition) is 3. The van der Waals surface area contributed by atoms with Gasteiger partial charge in [-0.15, -0.1) is 0 Å². The highest BCUT2D eigenvalue weighted by molar-refractivity contribution is 7.48. The van der Waals surface area contributed by atoms with Crippen LogP contribution in [0.2, 0.25) is 0 Å². The minimum atomic E-state index is -3.64. The van der Waals surface area contributed by atoms with E-state index in [-0.39, 0.29) is 39.6 Å². The summed E-state index contributed by atoms with van der Waals surface area (Å²) in [4.78, 5) is 0. The molecule has 8 heteroatoms. The lowest BCUT2D eigenvalue weighted by Gasteiger charge is -2.17. The Balaban J connectivity index is 4.00. The van der Waals surface area contributed by atoms with Gasteiger partial charge < -0.3 is 15.3 Å². The average molecular weight is 272 g/mol. The summed E-state index contributed by atoms with van der Waals surface area (Å²) in [6, 6.07) is 0. The molecule has 0 aliphatic heterocycles. The van der Waals surface area contributed by atoms with Gasteiger partial charge in [0.15, 0.2) is 0 Å². The molecule has 0 aromatic carbocycles. The van der Waals surface area contributed by atoms with Gasteiger partial charge in [0.1, 0.15) is 0 Å². The van der Waals surface area contributed by atoms with Crippen molar-refractivity contribution in [3.63, 3.8) is 0 Å². The standard InChI is InChI=1S/C9H21O7P/c10-4-1-7-14-17(13,15-8-2-5-11)16-9-3-6-12/h10-12H,1-9H2. The first kappa shape index (κ1) is 17.0. The zero-order chi connectivity index (χ0) is 13.0. The van der Waals surface area contributed by atoms with Crippen molar-refractivity contribution in [1.29, 1.82) is 0 Å². The van der Waals surface area contributed by atoms with E-state index >= 15 is 0 Å². The van der Waals surface area contributed by atoms with Crippen molar-refractivity contribution >= 4 is 7.82 Å². The highest BCUT2D eigenvalue weighted by atomic mass is 31.2. The molecule has 0 spiro atoms. The van der Waals surface area contributed by atoms with Crippen molar-refractivity contribution in [2.24, 2.45) is 0 Å². The molecule has 0 fully saturated rings. The van der Waals surface area contributed by atoms with Gasteiger partial charge in [0, 0.05) is 19.8 Å². The maximum absolute atomic E-state index is 11.9. The minimum absolute atomic E-state index is 0.0615. The molecule has 0 unspecified atom stereocenters. The highest BCUT2D eigenvalue weighted by Crippen LogP contribution is 2.49. The first-order chi connectivity index (χ1) is 8.18. The van der Waals surface area contributed by atoms with Crippen molar-refractivity contribution in [1.82, 2.24) is 0 Å². The topological polar surface area (TPSA) is 105 Å². The smallest absolute Gasteiger partial charge is 0.396 e. The number of hydrogen-bond acceptors (Lipinski definition) is 7. The Morgan fingerprint density at radius 1 is 0.706 bits per heavy atom. The number of aliphatic hydroxyl groups is 3. The molecule has 0 heterocycles. The van der Waals surface area contributed by atoms with Crippen molar-refractivity contribution in [3.05, 3.63) is 0 Å². The second-order valence-electron chi connectivity index (χ2n) is 3.18. The summed E-state index contributed by atoms with van der Waals surface area (Å²) in [6.07, 6.45) is 0.990. The second-order valence-corrected chi connectivity index (χ2v) is 4.85. The quantitative estimate of drug-likeness (QED) is 0.346. The first-order valence-corrected chi connectivity index (χ1v) is 7.01. The monoisotopic (exact) mass is 272 g/mol. The van der Waals surface area contributed by atoms with Crippen LogP contribution in [-0.2, 0) is 18.1 Å². The summed E-state index contributed by atoms with van der Waals surface area (Å²) in [6.45, 7) is -0.0437. The van der Waals surface area contributed by atoms with Gasteiger partial charge in [-0.25, -0.2) is 4.57 Å². The molecule has 0 rings (SSSR count). The molecular formula is C9H21O7P. The van der Waals surface area contributed by atoms with E-state index < -0.39 is 7.82 Å². The van der Waals surface area contributed by atoms with E-state index in [0.717, 1.165) is 0 Å². The zero-order valence-corrected chi connectivity index (χ0v) is 10.7. The number of rotatable bonds is 12. The summed E-state index contributed by atoms with van der Waals surface area (Å²) in [5.74, 6) is 0. The Kier molecular flexibility index (Phi) is 11.1. The summed E-state index contributed by atoms with van der Waals surface area (Å²) >= 11 is 0. The van der Waals surface area contributed by atoms with E-state index in [2.05, 4.69) is 0 Å². The fourth-order valence-electron chi connectivity index (χ4n) is 0.835. The zero-order valence-electron chi connectivity index (χ0n) is 9.79. The Morgan fingerprint density at radius 2 is 1.00 bits per heavy atom. The molecule has 0 radical (unpaired) electrons. The Hall–Kier alpha value is -0.0100. The van der Waals surface area contributed by atoms with Gasteiger partial charge in [0.2, 0.25) is 0 Å². The number of phosphoric acid groups is 1. The van der Waals surface area contributed by atoms with E-state index in [1.165, 1.54) is 0 Å². The molecule has 0 aromatic rings. The summed E-state index contributed by atoms with van der Waals surface area (Å²) in [5, 5.41) is 25.7. The van der Waals surface area contributed by atoms with Gasteiger partial charge in [-0.3, -0.25) is 13.6 Å². The predicted octanol–water partition coefficient (Wildman–Crippen LogP) is 0.291. The van der Waals surface area contributed by atoms with E-state index in [1.807, 2.05) is 0 Å². The molecule has 17 heavy (non-hydrogen) atoms. The molecule has 0 aromatic heterocycles. The van der Waals surface area contributed by atoms with Gasteiger partial charge in [0.05, 0.1) is 19.8 Å². The van der Waals surface area contributed by atoms with Crippen LogP contribution in [0.15, 0.2) is 0 Å². The Morgan fingerprint density at radius 3 is 1.24 bits per heavy atom. The van der Waals surface area contributed by atoms with E-state index in [0.29, 0.717) is 19.3 Å². The maximum Gasteiger partial charge on any atom is 0.474 e. The first-order valence-electron chi connectivity index (χ1n) is 5.55. The number of aliphatic hydroxyl groups excluding tert-OH is 3. The fraction of sp³-hybridized carbons (Fsp3) is 1.00. The van der Waals surface area contributed by atoms with Crippen LogP contribution in [-0.4, -0.2) is 55.0 Å². The van der Waals surface area contributed by atoms with E-state index in [1.54, 1.807) is 0 Å². The normalized spacial score (nSPS) is 11.9. The lowest BCUT2D eigenvalue weighted by Crippen LogP contribution is -2.06. The summed E-state index contributed by atoms with van der Waals surface area (Å²) in [7, 11) is -3.64. The third-order valence-corrected chi connectivity index (χ3v) is 3.15. The van der Waals surface area contributed by atoms with Gasteiger partial charge in [-0.05, 0) is 19.3 Å². The molecule has 0 amide bonds. The average Bonchev–Trinajstić information content (AvgIpc) is 2.30. The molecule has 7 nitrogen and oxygen atoms in total. The molecule has 0 saturated heterocycles. The van der Waals surface area contributed by atoms with Crippen LogP contribution in [0.4, 0.5) is 0 Å². The number of phosphoric ester groups is 1. The van der Waals surface area contributed by atoms with Gasteiger partial charge in [-0.1, -0.05) is 0 Å². The van der Waals surface area contributed by atoms with Crippen LogP contribution < -0.4 is 0 Å². The lowest BCUT2D eigenvalue weighted by atomic mass is 10.5. The molecule has 0 atom stereocenters. The van der Waals surface area contributed by atoms with E-state index in [4.69, 9.17) is 28.9 Å². The third-order valence-electron chi connectivity index (χ3n) is 1.66. The van der Waals surface area contributed by atoms with Crippen molar-refractivity contribution in [3.8, 4) is 0 Å². The van der Waals surface area contributed by atoms with Crippen molar-refractivity contribution in [2.45, 2.75) is 19.3 Å². The van der Waals surface area contributed by atoms with Crippen LogP contribution in [0, 0.1) is 0 Å². The SMILES string of the molecule is O=P(OCCCO)(OCCCO)OCCCO. The summed E-state index contributed by atoms with van der Waals surface area (Å²) < 4.78 is 26.8. The molecule has 104 valence electrons. The van der Waals surface area contributed by atoms with Crippen LogP contribution in [0.5, 0.6) is 0 Å². The largest absolute Gasteiger partial charge is 0.474 e. The molecular weight excluding hydrogens is 251 g/mol. The van der Waals surface area contributed by atoms with Crippen molar-refractivity contribution in [2.75, 3.05) is 39.6 Å². The predicted molar refractivity (Wildman–Crippen MR) is 60.6 cm³/mol. The van der Waals surface area contributed by atoms with Gasteiger partial charge >= 0.3 is 7.82 Å². The van der Waals surface area contributed by atoms with Crippen LogP contribution >= 0.6 is 7.82 Å². The lowest BCUT2D eigenvalue weighted by molar-refractivity contribution is 0.0967.